The van der Waals surface area contributed by atoms with Crippen LogP contribution < -0.4 is 4.90 Å². The average molecular weight is 754 g/mol. The van der Waals surface area contributed by atoms with Crippen molar-refractivity contribution in [3.63, 3.8) is 0 Å². The molecule has 10 rings (SSSR count). The molecule has 0 heterocycles. The highest BCUT2D eigenvalue weighted by Gasteiger charge is 2.37. The summed E-state index contributed by atoms with van der Waals surface area (Å²) in [6.45, 7) is 4.78. The van der Waals surface area contributed by atoms with Crippen LogP contribution in [0.15, 0.2) is 164 Å². The summed E-state index contributed by atoms with van der Waals surface area (Å²) in [6.07, 6.45) is 13.4. The highest BCUT2D eigenvalue weighted by Crippen LogP contribution is 2.53. The summed E-state index contributed by atoms with van der Waals surface area (Å²) in [7, 11) is 0. The molecule has 1 nitrogen and oxygen atoms in total. The molecular weight excluding hydrogens is 699 g/mol. The van der Waals surface area contributed by atoms with Crippen LogP contribution in [0, 0.1) is 0 Å². The molecule has 288 valence electrons. The van der Waals surface area contributed by atoms with Gasteiger partial charge >= 0.3 is 0 Å². The third-order valence-corrected chi connectivity index (χ3v) is 13.9. The Hall–Kier alpha value is -5.66. The fourth-order valence-electron chi connectivity index (χ4n) is 10.7. The first-order valence-corrected chi connectivity index (χ1v) is 22.1. The van der Waals surface area contributed by atoms with Crippen LogP contribution in [-0.2, 0) is 5.41 Å². The van der Waals surface area contributed by atoms with Crippen LogP contribution in [0.25, 0.3) is 44.5 Å². The third kappa shape index (κ3) is 6.79. The topological polar surface area (TPSA) is 3.24 Å². The fraction of sp³-hybridized carbons (Fsp3) is 0.263. The Balaban J connectivity index is 1.09. The lowest BCUT2D eigenvalue weighted by Crippen LogP contribution is -2.17. The average Bonchev–Trinajstić information content (AvgIpc) is 3.52. The van der Waals surface area contributed by atoms with E-state index < -0.39 is 0 Å². The van der Waals surface area contributed by atoms with Gasteiger partial charge in [-0.15, -0.1) is 0 Å². The van der Waals surface area contributed by atoms with Crippen molar-refractivity contribution in [1.82, 2.24) is 0 Å². The molecule has 3 aliphatic rings. The maximum Gasteiger partial charge on any atom is 0.0543 e. The Labute approximate surface area is 346 Å². The second-order valence-corrected chi connectivity index (χ2v) is 17.8. The number of rotatable bonds is 8. The van der Waals surface area contributed by atoms with E-state index in [1.54, 1.807) is 0 Å². The molecule has 1 heteroatoms. The maximum absolute atomic E-state index is 2.52. The van der Waals surface area contributed by atoms with Crippen molar-refractivity contribution in [3.05, 3.63) is 186 Å². The monoisotopic (exact) mass is 753 g/mol. The van der Waals surface area contributed by atoms with E-state index in [0.717, 1.165) is 5.69 Å². The first-order chi connectivity index (χ1) is 28.5. The molecule has 7 aromatic rings. The Morgan fingerprint density at radius 2 is 0.828 bits per heavy atom. The SMILES string of the molecule is CC1(C)c2ccccc2-c2cc(-c3ccccc3)c(N(c3ccc(-c4ccccc4-c4ccc(C5CCCCC5)cc4)cc3)c3ccc(C4CCCCC4)cc3)cc21. The first-order valence-electron chi connectivity index (χ1n) is 22.1. The Kier molecular flexibility index (Phi) is 9.86. The molecule has 2 fully saturated rings. The Bertz CT molecular complexity index is 2510. The van der Waals surface area contributed by atoms with E-state index in [2.05, 4.69) is 183 Å². The number of nitrogens with zero attached hydrogens (tertiary/aromatic N) is 1. The summed E-state index contributed by atoms with van der Waals surface area (Å²) in [5, 5.41) is 0. The normalized spacial score (nSPS) is 16.4. The van der Waals surface area contributed by atoms with E-state index in [4.69, 9.17) is 0 Å². The van der Waals surface area contributed by atoms with Crippen LogP contribution in [0.1, 0.15) is 112 Å². The zero-order valence-electron chi connectivity index (χ0n) is 34.3. The van der Waals surface area contributed by atoms with Crippen molar-refractivity contribution in [3.8, 4) is 44.5 Å². The van der Waals surface area contributed by atoms with E-state index in [1.807, 2.05) is 0 Å². The van der Waals surface area contributed by atoms with Gasteiger partial charge in [0.25, 0.3) is 0 Å². The molecule has 0 radical (unpaired) electrons. The van der Waals surface area contributed by atoms with E-state index >= 15 is 0 Å². The van der Waals surface area contributed by atoms with Crippen LogP contribution in [0.3, 0.4) is 0 Å². The number of hydrogen-bond acceptors (Lipinski definition) is 1. The highest BCUT2D eigenvalue weighted by molar-refractivity contribution is 5.95. The van der Waals surface area contributed by atoms with Gasteiger partial charge in [-0.25, -0.2) is 0 Å². The predicted octanol–water partition coefficient (Wildman–Crippen LogP) is 16.6. The summed E-state index contributed by atoms with van der Waals surface area (Å²) >= 11 is 0. The quantitative estimate of drug-likeness (QED) is 0.149. The van der Waals surface area contributed by atoms with Gasteiger partial charge in [-0.05, 0) is 135 Å². The van der Waals surface area contributed by atoms with Gasteiger partial charge in [-0.3, -0.25) is 0 Å². The maximum atomic E-state index is 2.52. The summed E-state index contributed by atoms with van der Waals surface area (Å²) in [5.74, 6) is 1.38. The molecule has 0 spiro atoms. The van der Waals surface area contributed by atoms with Crippen molar-refractivity contribution < 1.29 is 0 Å². The molecule has 3 aliphatic carbocycles. The molecule has 0 aromatic heterocycles. The zero-order valence-corrected chi connectivity index (χ0v) is 34.3. The first kappa shape index (κ1) is 36.7. The van der Waals surface area contributed by atoms with Crippen molar-refractivity contribution in [2.45, 2.75) is 95.3 Å². The molecule has 0 amide bonds. The minimum absolute atomic E-state index is 0.116. The highest BCUT2D eigenvalue weighted by atomic mass is 15.1. The van der Waals surface area contributed by atoms with Crippen molar-refractivity contribution in [1.29, 1.82) is 0 Å². The molecule has 58 heavy (non-hydrogen) atoms. The third-order valence-electron chi connectivity index (χ3n) is 13.9. The molecule has 7 aromatic carbocycles. The van der Waals surface area contributed by atoms with Crippen LogP contribution in [-0.4, -0.2) is 0 Å². The smallest absolute Gasteiger partial charge is 0.0543 e. The van der Waals surface area contributed by atoms with E-state index in [-0.39, 0.29) is 5.41 Å². The number of fused-ring (bicyclic) bond motifs is 3. The summed E-state index contributed by atoms with van der Waals surface area (Å²) in [6, 6.07) is 62.4. The fourth-order valence-corrected chi connectivity index (χ4v) is 10.7. The molecule has 0 unspecified atom stereocenters. The van der Waals surface area contributed by atoms with Crippen molar-refractivity contribution in [2.24, 2.45) is 0 Å². The molecule has 0 saturated heterocycles. The Morgan fingerprint density at radius 1 is 0.379 bits per heavy atom. The van der Waals surface area contributed by atoms with Gasteiger partial charge in [-0.1, -0.05) is 180 Å². The van der Waals surface area contributed by atoms with E-state index in [1.165, 1.54) is 142 Å². The van der Waals surface area contributed by atoms with Crippen LogP contribution in [0.4, 0.5) is 17.1 Å². The molecule has 2 saturated carbocycles. The van der Waals surface area contributed by atoms with Gasteiger partial charge in [0, 0.05) is 22.4 Å². The largest absolute Gasteiger partial charge is 0.310 e. The lowest BCUT2D eigenvalue weighted by molar-refractivity contribution is 0.443. The van der Waals surface area contributed by atoms with E-state index in [0.29, 0.717) is 11.8 Å². The second kappa shape index (κ2) is 15.6. The minimum atomic E-state index is -0.116. The van der Waals surface area contributed by atoms with Gasteiger partial charge in [0.1, 0.15) is 0 Å². The molecule has 0 N–H and O–H groups in total. The second-order valence-electron chi connectivity index (χ2n) is 17.8. The summed E-state index contributed by atoms with van der Waals surface area (Å²) in [4.78, 5) is 2.52. The zero-order chi connectivity index (χ0) is 39.1. The molecule has 0 atom stereocenters. The standard InChI is InChI=1S/C57H55N/c1-57(2)54-25-15-14-24-51(54)53-38-52(44-20-10-5-11-21-44)56(39-55(53)57)58(47-34-30-43(31-35-47)41-18-8-4-9-19-41)48-36-32-46(33-37-48)50-23-13-12-22-49(50)45-28-26-42(27-29-45)40-16-6-3-7-17-40/h5,10-15,20-41H,3-4,6-9,16-19H2,1-2H3. The van der Waals surface area contributed by atoms with Crippen molar-refractivity contribution >= 4 is 17.1 Å². The predicted molar refractivity (Wildman–Crippen MR) is 247 cm³/mol. The number of benzene rings is 7. The van der Waals surface area contributed by atoms with E-state index in [9.17, 15) is 0 Å². The molecule has 0 bridgehead atoms. The molecular formula is C57H55N. The van der Waals surface area contributed by atoms with Gasteiger partial charge < -0.3 is 4.90 Å². The van der Waals surface area contributed by atoms with Crippen molar-refractivity contribution in [2.75, 3.05) is 4.90 Å². The van der Waals surface area contributed by atoms with Gasteiger partial charge in [0.2, 0.25) is 0 Å². The van der Waals surface area contributed by atoms with Crippen LogP contribution >= 0.6 is 0 Å². The van der Waals surface area contributed by atoms with Crippen LogP contribution in [0.2, 0.25) is 0 Å². The summed E-state index contributed by atoms with van der Waals surface area (Å²) in [5.41, 5.74) is 19.5. The van der Waals surface area contributed by atoms with Gasteiger partial charge in [-0.2, -0.15) is 0 Å². The number of anilines is 3. The summed E-state index contributed by atoms with van der Waals surface area (Å²) < 4.78 is 0. The van der Waals surface area contributed by atoms with Crippen LogP contribution in [0.5, 0.6) is 0 Å². The Morgan fingerprint density at radius 3 is 1.40 bits per heavy atom. The van der Waals surface area contributed by atoms with Gasteiger partial charge in [0.15, 0.2) is 0 Å². The lowest BCUT2D eigenvalue weighted by atomic mass is 9.81. The minimum Gasteiger partial charge on any atom is -0.310 e. The molecule has 0 aliphatic heterocycles. The number of hydrogen-bond donors (Lipinski definition) is 0. The van der Waals surface area contributed by atoms with Gasteiger partial charge in [0.05, 0.1) is 5.69 Å². The lowest BCUT2D eigenvalue weighted by Gasteiger charge is -2.31.